The Morgan fingerprint density at radius 2 is 2.13 bits per heavy atom. The SMILES string of the molecule is CN1C(=O)[C@@]2(C[C@]3(CCCOC3)Oc3ccc(-c4cc(CO)ccc4F)cc32)N=C1N. The Labute approximate surface area is 179 Å². The first kappa shape index (κ1) is 20.0. The number of ether oxygens (including phenoxy) is 2. The predicted molar refractivity (Wildman–Crippen MR) is 112 cm³/mol. The van der Waals surface area contributed by atoms with Gasteiger partial charge in [-0.3, -0.25) is 9.69 Å². The summed E-state index contributed by atoms with van der Waals surface area (Å²) in [5, 5.41) is 9.46. The Hall–Kier alpha value is -2.97. The molecule has 162 valence electrons. The molecule has 0 aromatic heterocycles. The smallest absolute Gasteiger partial charge is 0.261 e. The summed E-state index contributed by atoms with van der Waals surface area (Å²) in [6.07, 6.45) is 1.88. The van der Waals surface area contributed by atoms with Gasteiger partial charge in [0.15, 0.2) is 11.5 Å². The Morgan fingerprint density at radius 1 is 1.29 bits per heavy atom. The van der Waals surface area contributed by atoms with Crippen molar-refractivity contribution in [1.29, 1.82) is 0 Å². The molecule has 2 aromatic carbocycles. The van der Waals surface area contributed by atoms with Gasteiger partial charge in [-0.1, -0.05) is 12.1 Å². The van der Waals surface area contributed by atoms with E-state index in [4.69, 9.17) is 15.2 Å². The number of carbonyl (C=O) groups is 1. The van der Waals surface area contributed by atoms with Gasteiger partial charge in [-0.2, -0.15) is 0 Å². The number of nitrogens with zero attached hydrogens (tertiary/aromatic N) is 2. The van der Waals surface area contributed by atoms with E-state index < -0.39 is 17.0 Å². The Morgan fingerprint density at radius 3 is 2.81 bits per heavy atom. The lowest BCUT2D eigenvalue weighted by Gasteiger charge is -2.46. The van der Waals surface area contributed by atoms with Gasteiger partial charge in [0.1, 0.15) is 17.2 Å². The Bertz CT molecular complexity index is 1100. The maximum atomic E-state index is 14.6. The number of hydrogen-bond acceptors (Lipinski definition) is 6. The third kappa shape index (κ3) is 3.01. The minimum absolute atomic E-state index is 0.142. The highest BCUT2D eigenvalue weighted by atomic mass is 19.1. The lowest BCUT2D eigenvalue weighted by molar-refractivity contribution is -0.139. The standard InChI is InChI=1S/C23H24FN3O4/c1-27-20(29)23(26-21(27)25)12-22(7-2-8-30-13-22)31-19-6-4-15(10-17(19)23)16-9-14(11-28)3-5-18(16)24/h3-6,9-10,28H,2,7-8,11-13H2,1H3,(H2,25,26)/t22-,23-/m0/s1. The van der Waals surface area contributed by atoms with Gasteiger partial charge < -0.3 is 20.3 Å². The Kier molecular flexibility index (Phi) is 4.53. The molecule has 3 N–H and O–H groups in total. The monoisotopic (exact) mass is 425 g/mol. The first-order valence-corrected chi connectivity index (χ1v) is 10.3. The summed E-state index contributed by atoms with van der Waals surface area (Å²) in [5.41, 5.74) is 6.21. The Balaban J connectivity index is 1.69. The fourth-order valence-electron chi connectivity index (χ4n) is 4.87. The molecule has 2 atom stereocenters. The average molecular weight is 425 g/mol. The van der Waals surface area contributed by atoms with Crippen LogP contribution in [0, 0.1) is 5.82 Å². The molecule has 1 fully saturated rings. The maximum absolute atomic E-state index is 14.6. The van der Waals surface area contributed by atoms with E-state index in [-0.39, 0.29) is 18.5 Å². The topological polar surface area (TPSA) is 97.4 Å². The number of aliphatic imine (C=N–C) groups is 1. The number of likely N-dealkylation sites (N-methyl/N-ethyl adjacent to an activating group) is 1. The number of hydrogen-bond donors (Lipinski definition) is 2. The van der Waals surface area contributed by atoms with E-state index in [0.29, 0.717) is 47.6 Å². The molecule has 2 spiro atoms. The van der Waals surface area contributed by atoms with E-state index >= 15 is 0 Å². The summed E-state index contributed by atoms with van der Waals surface area (Å²) in [6, 6.07) is 9.72. The van der Waals surface area contributed by atoms with Crippen molar-refractivity contribution in [2.75, 3.05) is 20.3 Å². The minimum atomic E-state index is -1.24. The number of nitrogens with two attached hydrogens (primary N) is 1. The number of fused-ring (bicyclic) bond motifs is 2. The molecule has 5 rings (SSSR count). The molecule has 8 heteroatoms. The summed E-state index contributed by atoms with van der Waals surface area (Å²) < 4.78 is 26.7. The second-order valence-electron chi connectivity index (χ2n) is 8.50. The number of aliphatic hydroxyl groups is 1. The normalized spacial score (nSPS) is 27.4. The van der Waals surface area contributed by atoms with Crippen molar-refractivity contribution in [3.8, 4) is 16.9 Å². The quantitative estimate of drug-likeness (QED) is 0.770. The molecule has 0 aliphatic carbocycles. The lowest BCUT2D eigenvalue weighted by Crippen LogP contribution is -2.55. The van der Waals surface area contributed by atoms with Crippen LogP contribution in [-0.4, -0.2) is 47.7 Å². The fraction of sp³-hybridized carbons (Fsp3) is 0.391. The molecule has 2 aromatic rings. The number of carbonyl (C=O) groups excluding carboxylic acids is 1. The number of guanidine groups is 1. The number of aliphatic hydroxyl groups excluding tert-OH is 1. The van der Waals surface area contributed by atoms with Crippen LogP contribution in [0.15, 0.2) is 41.4 Å². The van der Waals surface area contributed by atoms with Gasteiger partial charge in [-0.15, -0.1) is 0 Å². The average Bonchev–Trinajstić information content (AvgIpc) is 2.98. The molecular formula is C23H24FN3O4. The van der Waals surface area contributed by atoms with E-state index in [1.165, 1.54) is 17.0 Å². The molecule has 3 aliphatic heterocycles. The molecule has 0 saturated carbocycles. The van der Waals surface area contributed by atoms with Crippen LogP contribution in [0.2, 0.25) is 0 Å². The van der Waals surface area contributed by atoms with Gasteiger partial charge in [0.25, 0.3) is 5.91 Å². The fourth-order valence-corrected chi connectivity index (χ4v) is 4.87. The summed E-state index contributed by atoms with van der Waals surface area (Å²) >= 11 is 0. The number of amides is 1. The minimum Gasteiger partial charge on any atom is -0.484 e. The van der Waals surface area contributed by atoms with Gasteiger partial charge >= 0.3 is 0 Å². The van der Waals surface area contributed by atoms with E-state index in [9.17, 15) is 14.3 Å². The molecule has 1 amide bonds. The first-order valence-electron chi connectivity index (χ1n) is 10.3. The van der Waals surface area contributed by atoms with E-state index in [1.807, 2.05) is 0 Å². The third-order valence-corrected chi connectivity index (χ3v) is 6.45. The molecule has 7 nitrogen and oxygen atoms in total. The van der Waals surface area contributed by atoms with Crippen LogP contribution in [0.25, 0.3) is 11.1 Å². The molecule has 31 heavy (non-hydrogen) atoms. The van der Waals surface area contributed by atoms with Crippen molar-refractivity contribution < 1.29 is 23.8 Å². The highest BCUT2D eigenvalue weighted by molar-refractivity contribution is 6.07. The van der Waals surface area contributed by atoms with Gasteiger partial charge in [0, 0.05) is 31.2 Å². The molecule has 0 unspecified atom stereocenters. The number of halogens is 1. The summed E-state index contributed by atoms with van der Waals surface area (Å²) in [5.74, 6) is 0.0159. The largest absolute Gasteiger partial charge is 0.484 e. The second-order valence-corrected chi connectivity index (χ2v) is 8.50. The van der Waals surface area contributed by atoms with Crippen LogP contribution in [-0.2, 0) is 21.7 Å². The lowest BCUT2D eigenvalue weighted by atomic mass is 9.74. The summed E-state index contributed by atoms with van der Waals surface area (Å²) in [6.45, 7) is 0.830. The zero-order valence-corrected chi connectivity index (χ0v) is 17.2. The summed E-state index contributed by atoms with van der Waals surface area (Å²) in [4.78, 5) is 19.4. The molecule has 0 bridgehead atoms. The van der Waals surface area contributed by atoms with Gasteiger partial charge in [0.05, 0.1) is 13.2 Å². The van der Waals surface area contributed by atoms with Crippen molar-refractivity contribution in [3.63, 3.8) is 0 Å². The third-order valence-electron chi connectivity index (χ3n) is 6.45. The van der Waals surface area contributed by atoms with Crippen molar-refractivity contribution in [1.82, 2.24) is 4.90 Å². The molecule has 3 aliphatic rings. The second kappa shape index (κ2) is 7.03. The maximum Gasteiger partial charge on any atom is 0.261 e. The zero-order valence-electron chi connectivity index (χ0n) is 17.2. The van der Waals surface area contributed by atoms with E-state index in [2.05, 4.69) is 4.99 Å². The van der Waals surface area contributed by atoms with Crippen LogP contribution in [0.3, 0.4) is 0 Å². The van der Waals surface area contributed by atoms with Gasteiger partial charge in [-0.25, -0.2) is 9.38 Å². The van der Waals surface area contributed by atoms with Crippen molar-refractivity contribution in [3.05, 3.63) is 53.3 Å². The van der Waals surface area contributed by atoms with Crippen molar-refractivity contribution in [2.45, 2.75) is 37.0 Å². The van der Waals surface area contributed by atoms with Gasteiger partial charge in [0.2, 0.25) is 0 Å². The van der Waals surface area contributed by atoms with E-state index in [1.54, 1.807) is 31.3 Å². The highest BCUT2D eigenvalue weighted by Gasteiger charge is 2.58. The van der Waals surface area contributed by atoms with Crippen LogP contribution in [0.5, 0.6) is 5.75 Å². The molecule has 1 saturated heterocycles. The predicted octanol–water partition coefficient (Wildman–Crippen LogP) is 2.30. The highest BCUT2D eigenvalue weighted by Crippen LogP contribution is 2.51. The first-order chi connectivity index (χ1) is 14.9. The number of benzene rings is 2. The van der Waals surface area contributed by atoms with Gasteiger partial charge in [-0.05, 0) is 48.2 Å². The molecule has 0 radical (unpaired) electrons. The van der Waals surface area contributed by atoms with Crippen LogP contribution >= 0.6 is 0 Å². The molecular weight excluding hydrogens is 401 g/mol. The van der Waals surface area contributed by atoms with E-state index in [0.717, 1.165) is 12.8 Å². The van der Waals surface area contributed by atoms with Crippen LogP contribution in [0.4, 0.5) is 4.39 Å². The van der Waals surface area contributed by atoms with Crippen molar-refractivity contribution in [2.24, 2.45) is 10.7 Å². The van der Waals surface area contributed by atoms with Crippen molar-refractivity contribution >= 4 is 11.9 Å². The number of rotatable bonds is 2. The van der Waals surface area contributed by atoms with Crippen LogP contribution in [0.1, 0.15) is 30.4 Å². The molecule has 3 heterocycles. The zero-order chi connectivity index (χ0) is 21.8. The van der Waals surface area contributed by atoms with Crippen LogP contribution < -0.4 is 10.5 Å². The summed E-state index contributed by atoms with van der Waals surface area (Å²) in [7, 11) is 1.60.